The number of amides is 2. The molecule has 0 unspecified atom stereocenters. The molecule has 0 atom stereocenters. The SMILES string of the molecule is Cc1cccc(C(=O)N2CCCC2)c1NC(=O)C=Cc1c(F)cccc1F. The molecule has 27 heavy (non-hydrogen) atoms. The lowest BCUT2D eigenvalue weighted by Crippen LogP contribution is -2.29. The minimum absolute atomic E-state index is 0.129. The van der Waals surface area contributed by atoms with E-state index in [1.54, 1.807) is 30.0 Å². The van der Waals surface area contributed by atoms with Crippen molar-refractivity contribution < 1.29 is 18.4 Å². The number of hydrogen-bond acceptors (Lipinski definition) is 2. The quantitative estimate of drug-likeness (QED) is 0.822. The molecule has 2 aromatic carbocycles. The van der Waals surface area contributed by atoms with Crippen molar-refractivity contribution in [2.75, 3.05) is 18.4 Å². The van der Waals surface area contributed by atoms with Crippen LogP contribution < -0.4 is 5.32 Å². The molecule has 0 saturated carbocycles. The van der Waals surface area contributed by atoms with Crippen LogP contribution in [0.25, 0.3) is 6.08 Å². The number of benzene rings is 2. The second-order valence-corrected chi connectivity index (χ2v) is 6.45. The number of nitrogens with one attached hydrogen (secondary N) is 1. The topological polar surface area (TPSA) is 49.4 Å². The van der Waals surface area contributed by atoms with Crippen molar-refractivity contribution in [1.82, 2.24) is 4.90 Å². The molecule has 0 aromatic heterocycles. The van der Waals surface area contributed by atoms with Crippen LogP contribution >= 0.6 is 0 Å². The van der Waals surface area contributed by atoms with Gasteiger partial charge in [0.25, 0.3) is 5.91 Å². The van der Waals surface area contributed by atoms with Crippen LogP contribution in [0.2, 0.25) is 0 Å². The van der Waals surface area contributed by atoms with Gasteiger partial charge in [-0.15, -0.1) is 0 Å². The highest BCUT2D eigenvalue weighted by atomic mass is 19.1. The van der Waals surface area contributed by atoms with Crippen LogP contribution in [0.5, 0.6) is 0 Å². The maximum atomic E-state index is 13.7. The van der Waals surface area contributed by atoms with Gasteiger partial charge >= 0.3 is 0 Å². The molecular formula is C21H20F2N2O2. The van der Waals surface area contributed by atoms with Crippen LogP contribution in [0.3, 0.4) is 0 Å². The van der Waals surface area contributed by atoms with E-state index in [1.165, 1.54) is 6.07 Å². The lowest BCUT2D eigenvalue weighted by atomic mass is 10.1. The van der Waals surface area contributed by atoms with Crippen LogP contribution in [0.15, 0.2) is 42.5 Å². The van der Waals surface area contributed by atoms with Crippen molar-refractivity contribution >= 4 is 23.6 Å². The molecule has 0 bridgehead atoms. The molecule has 4 nitrogen and oxygen atoms in total. The Bertz CT molecular complexity index is 883. The van der Waals surface area contributed by atoms with Crippen LogP contribution in [0, 0.1) is 18.6 Å². The van der Waals surface area contributed by atoms with Gasteiger partial charge in [-0.2, -0.15) is 0 Å². The fourth-order valence-corrected chi connectivity index (χ4v) is 3.10. The van der Waals surface area contributed by atoms with Gasteiger partial charge in [0.2, 0.25) is 5.91 Å². The van der Waals surface area contributed by atoms with E-state index in [4.69, 9.17) is 0 Å². The Kier molecular flexibility index (Phi) is 5.64. The highest BCUT2D eigenvalue weighted by Gasteiger charge is 2.23. The monoisotopic (exact) mass is 370 g/mol. The number of carbonyl (C=O) groups is 2. The number of anilines is 1. The lowest BCUT2D eigenvalue weighted by molar-refractivity contribution is -0.111. The fraction of sp³-hybridized carbons (Fsp3) is 0.238. The molecule has 6 heteroatoms. The van der Waals surface area contributed by atoms with E-state index in [1.807, 2.05) is 0 Å². The third-order valence-corrected chi connectivity index (χ3v) is 4.55. The average molecular weight is 370 g/mol. The van der Waals surface area contributed by atoms with Gasteiger partial charge in [-0.25, -0.2) is 8.78 Å². The van der Waals surface area contributed by atoms with Crippen LogP contribution in [0.1, 0.15) is 34.3 Å². The molecule has 1 heterocycles. The molecule has 140 valence electrons. The summed E-state index contributed by atoms with van der Waals surface area (Å²) in [4.78, 5) is 26.8. The Morgan fingerprint density at radius 2 is 1.67 bits per heavy atom. The maximum absolute atomic E-state index is 13.7. The van der Waals surface area contributed by atoms with E-state index >= 15 is 0 Å². The highest BCUT2D eigenvalue weighted by molar-refractivity contribution is 6.08. The van der Waals surface area contributed by atoms with E-state index in [0.717, 1.165) is 42.7 Å². The average Bonchev–Trinajstić information content (AvgIpc) is 3.17. The summed E-state index contributed by atoms with van der Waals surface area (Å²) in [6.45, 7) is 3.19. The summed E-state index contributed by atoms with van der Waals surface area (Å²) in [6.07, 6.45) is 4.07. The first-order valence-corrected chi connectivity index (χ1v) is 8.79. The fourth-order valence-electron chi connectivity index (χ4n) is 3.10. The molecular weight excluding hydrogens is 350 g/mol. The minimum Gasteiger partial charge on any atom is -0.339 e. The first-order chi connectivity index (χ1) is 13.0. The first kappa shape index (κ1) is 18.8. The number of nitrogens with zero attached hydrogens (tertiary/aromatic N) is 1. The zero-order valence-corrected chi connectivity index (χ0v) is 15.0. The molecule has 1 saturated heterocycles. The van der Waals surface area contributed by atoms with E-state index < -0.39 is 17.5 Å². The molecule has 0 radical (unpaired) electrons. The molecule has 1 aliphatic rings. The Morgan fingerprint density at radius 3 is 2.33 bits per heavy atom. The van der Waals surface area contributed by atoms with E-state index in [0.29, 0.717) is 24.3 Å². The summed E-state index contributed by atoms with van der Waals surface area (Å²) in [7, 11) is 0. The Labute approximate surface area is 156 Å². The summed E-state index contributed by atoms with van der Waals surface area (Å²) in [5, 5.41) is 2.67. The van der Waals surface area contributed by atoms with Crippen molar-refractivity contribution in [3.05, 3.63) is 70.8 Å². The summed E-state index contributed by atoms with van der Waals surface area (Å²) in [5.41, 5.74) is 1.28. The predicted molar refractivity (Wildman–Crippen MR) is 100 cm³/mol. The van der Waals surface area contributed by atoms with Gasteiger partial charge in [-0.3, -0.25) is 9.59 Å². The molecule has 1 aliphatic heterocycles. The van der Waals surface area contributed by atoms with Crippen molar-refractivity contribution in [1.29, 1.82) is 0 Å². The van der Waals surface area contributed by atoms with Crippen molar-refractivity contribution in [3.8, 4) is 0 Å². The number of carbonyl (C=O) groups excluding carboxylic acids is 2. The zero-order valence-electron chi connectivity index (χ0n) is 15.0. The van der Waals surface area contributed by atoms with Gasteiger partial charge in [-0.05, 0) is 49.6 Å². The van der Waals surface area contributed by atoms with Crippen molar-refractivity contribution in [2.24, 2.45) is 0 Å². The van der Waals surface area contributed by atoms with E-state index in [-0.39, 0.29) is 11.5 Å². The number of hydrogen-bond donors (Lipinski definition) is 1. The highest BCUT2D eigenvalue weighted by Crippen LogP contribution is 2.24. The molecule has 2 amide bonds. The molecule has 3 rings (SSSR count). The largest absolute Gasteiger partial charge is 0.339 e. The zero-order chi connectivity index (χ0) is 19.4. The third kappa shape index (κ3) is 4.22. The van der Waals surface area contributed by atoms with Gasteiger partial charge in [-0.1, -0.05) is 18.2 Å². The van der Waals surface area contributed by atoms with Gasteiger partial charge < -0.3 is 10.2 Å². The number of rotatable bonds is 4. The standard InChI is InChI=1S/C21H20F2N2O2/c1-14-6-4-7-16(21(27)25-12-2-3-13-25)20(14)24-19(26)11-10-15-17(22)8-5-9-18(15)23/h4-11H,2-3,12-13H2,1H3,(H,24,26). The Balaban J connectivity index is 1.81. The van der Waals surface area contributed by atoms with Crippen molar-refractivity contribution in [2.45, 2.75) is 19.8 Å². The minimum atomic E-state index is -0.750. The first-order valence-electron chi connectivity index (χ1n) is 8.79. The lowest BCUT2D eigenvalue weighted by Gasteiger charge is -2.19. The van der Waals surface area contributed by atoms with Crippen LogP contribution in [-0.2, 0) is 4.79 Å². The maximum Gasteiger partial charge on any atom is 0.255 e. The van der Waals surface area contributed by atoms with Gasteiger partial charge in [0, 0.05) is 24.7 Å². The Morgan fingerprint density at radius 1 is 1.04 bits per heavy atom. The van der Waals surface area contributed by atoms with E-state index in [9.17, 15) is 18.4 Å². The second-order valence-electron chi connectivity index (χ2n) is 6.45. The molecule has 0 spiro atoms. The molecule has 2 aromatic rings. The number of para-hydroxylation sites is 1. The van der Waals surface area contributed by atoms with E-state index in [2.05, 4.69) is 5.32 Å². The van der Waals surface area contributed by atoms with Gasteiger partial charge in [0.15, 0.2) is 0 Å². The summed E-state index contributed by atoms with van der Waals surface area (Å²) < 4.78 is 27.3. The molecule has 0 aliphatic carbocycles. The van der Waals surface area contributed by atoms with Crippen molar-refractivity contribution in [3.63, 3.8) is 0 Å². The number of aryl methyl sites for hydroxylation is 1. The molecule has 1 fully saturated rings. The second kappa shape index (κ2) is 8.12. The summed E-state index contributed by atoms with van der Waals surface area (Å²) >= 11 is 0. The smallest absolute Gasteiger partial charge is 0.255 e. The van der Waals surface area contributed by atoms with Crippen LogP contribution in [0.4, 0.5) is 14.5 Å². The molecule has 1 N–H and O–H groups in total. The number of halogens is 2. The third-order valence-electron chi connectivity index (χ3n) is 4.55. The predicted octanol–water partition coefficient (Wildman–Crippen LogP) is 4.16. The van der Waals surface area contributed by atoms with Crippen LogP contribution in [-0.4, -0.2) is 29.8 Å². The summed E-state index contributed by atoms with van der Waals surface area (Å²) in [5.74, 6) is -2.20. The normalized spacial score (nSPS) is 14.0. The van der Waals surface area contributed by atoms with Gasteiger partial charge in [0.05, 0.1) is 11.3 Å². The van der Waals surface area contributed by atoms with Gasteiger partial charge in [0.1, 0.15) is 11.6 Å². The summed E-state index contributed by atoms with van der Waals surface area (Å²) in [6, 6.07) is 8.72. The Hall–Kier alpha value is -3.02. The number of likely N-dealkylation sites (tertiary alicyclic amines) is 1.